The summed E-state index contributed by atoms with van der Waals surface area (Å²) in [7, 11) is 3.98. The molecule has 0 unspecified atom stereocenters. The molecular weight excluding hydrogens is 226 g/mol. The first-order valence-corrected chi connectivity index (χ1v) is 6.85. The molecule has 1 rings (SSSR count). The summed E-state index contributed by atoms with van der Waals surface area (Å²) < 4.78 is 0. The van der Waals surface area contributed by atoms with E-state index >= 15 is 0 Å². The highest BCUT2D eigenvalue weighted by atomic mass is 16.1. The molecule has 0 bridgehead atoms. The third-order valence-electron chi connectivity index (χ3n) is 3.27. The number of rotatable bonds is 5. The fourth-order valence-corrected chi connectivity index (χ4v) is 2.21. The van der Waals surface area contributed by atoms with Gasteiger partial charge in [-0.15, -0.1) is 0 Å². The number of likely N-dealkylation sites (N-methyl/N-ethyl adjacent to an activating group) is 1. The molecule has 4 heteroatoms. The number of likely N-dealkylation sites (tertiary alicyclic amines) is 1. The van der Waals surface area contributed by atoms with Gasteiger partial charge in [0.15, 0.2) is 0 Å². The number of carbonyl (C=O) groups is 1. The Labute approximate surface area is 111 Å². The van der Waals surface area contributed by atoms with Crippen LogP contribution >= 0.6 is 0 Å². The van der Waals surface area contributed by atoms with Crippen LogP contribution in [0.3, 0.4) is 0 Å². The largest absolute Gasteiger partial charge is 0.349 e. The molecule has 104 valence electrons. The van der Waals surface area contributed by atoms with Crippen LogP contribution in [0.15, 0.2) is 12.2 Å². The molecule has 0 saturated carbocycles. The molecule has 1 N–H and O–H groups in total. The molecule has 0 aromatic heterocycles. The van der Waals surface area contributed by atoms with E-state index in [9.17, 15) is 4.79 Å². The number of hydrogen-bond acceptors (Lipinski definition) is 3. The van der Waals surface area contributed by atoms with E-state index in [1.54, 1.807) is 6.08 Å². The number of carbonyl (C=O) groups excluding carboxylic acids is 1. The monoisotopic (exact) mass is 253 g/mol. The topological polar surface area (TPSA) is 35.6 Å². The van der Waals surface area contributed by atoms with Crippen molar-refractivity contribution in [1.29, 1.82) is 0 Å². The molecule has 1 heterocycles. The second kappa shape index (κ2) is 7.54. The zero-order chi connectivity index (χ0) is 13.5. The first kappa shape index (κ1) is 15.2. The molecule has 1 fully saturated rings. The normalized spacial score (nSPS) is 22.0. The van der Waals surface area contributed by atoms with Crippen molar-refractivity contribution in [1.82, 2.24) is 15.1 Å². The molecule has 1 aliphatic rings. The van der Waals surface area contributed by atoms with Gasteiger partial charge in [-0.05, 0) is 47.3 Å². The van der Waals surface area contributed by atoms with Crippen molar-refractivity contribution in [3.8, 4) is 0 Å². The van der Waals surface area contributed by atoms with Gasteiger partial charge in [0.2, 0.25) is 5.91 Å². The fourth-order valence-electron chi connectivity index (χ4n) is 2.21. The van der Waals surface area contributed by atoms with Crippen molar-refractivity contribution in [2.75, 3.05) is 33.7 Å². The summed E-state index contributed by atoms with van der Waals surface area (Å²) in [5.74, 6) is 0.0347. The maximum Gasteiger partial charge on any atom is 0.243 e. The Morgan fingerprint density at radius 3 is 2.83 bits per heavy atom. The van der Waals surface area contributed by atoms with Gasteiger partial charge in [0.1, 0.15) is 0 Å². The van der Waals surface area contributed by atoms with E-state index < -0.39 is 0 Å². The number of nitrogens with zero attached hydrogens (tertiary/aromatic N) is 2. The average molecular weight is 253 g/mol. The Morgan fingerprint density at radius 2 is 2.22 bits per heavy atom. The molecule has 0 aliphatic carbocycles. The zero-order valence-electron chi connectivity index (χ0n) is 12.1. The second-order valence-electron chi connectivity index (χ2n) is 5.60. The highest BCUT2D eigenvalue weighted by molar-refractivity contribution is 5.87. The van der Waals surface area contributed by atoms with E-state index in [0.29, 0.717) is 12.1 Å². The Hall–Kier alpha value is -0.870. The summed E-state index contributed by atoms with van der Waals surface area (Å²) in [5.41, 5.74) is 0. The summed E-state index contributed by atoms with van der Waals surface area (Å²) in [6, 6.07) is 0.867. The van der Waals surface area contributed by atoms with Gasteiger partial charge in [0, 0.05) is 31.2 Å². The van der Waals surface area contributed by atoms with Crippen LogP contribution in [0.4, 0.5) is 0 Å². The van der Waals surface area contributed by atoms with Crippen molar-refractivity contribution in [3.63, 3.8) is 0 Å². The minimum atomic E-state index is 0.0347. The molecule has 1 saturated heterocycles. The Kier molecular flexibility index (Phi) is 6.36. The Balaban J connectivity index is 2.33. The van der Waals surface area contributed by atoms with Crippen LogP contribution in [0, 0.1) is 0 Å². The SMILES string of the molecule is CC(C)N1CCC[C@@H](NC(=O)/C=C/CN(C)C)C1. The maximum absolute atomic E-state index is 11.7. The Morgan fingerprint density at radius 1 is 1.50 bits per heavy atom. The van der Waals surface area contributed by atoms with Gasteiger partial charge < -0.3 is 10.2 Å². The molecule has 18 heavy (non-hydrogen) atoms. The lowest BCUT2D eigenvalue weighted by Gasteiger charge is -2.35. The molecule has 0 aromatic rings. The first-order chi connectivity index (χ1) is 8.49. The zero-order valence-corrected chi connectivity index (χ0v) is 12.1. The van der Waals surface area contributed by atoms with Gasteiger partial charge in [-0.25, -0.2) is 0 Å². The molecule has 0 aromatic carbocycles. The molecule has 1 atom stereocenters. The smallest absolute Gasteiger partial charge is 0.243 e. The van der Waals surface area contributed by atoms with Crippen molar-refractivity contribution >= 4 is 5.91 Å². The second-order valence-corrected chi connectivity index (χ2v) is 5.60. The van der Waals surface area contributed by atoms with Crippen molar-refractivity contribution < 1.29 is 4.79 Å². The van der Waals surface area contributed by atoms with Crippen molar-refractivity contribution in [3.05, 3.63) is 12.2 Å². The van der Waals surface area contributed by atoms with E-state index in [-0.39, 0.29) is 5.91 Å². The number of nitrogens with one attached hydrogen (secondary N) is 1. The van der Waals surface area contributed by atoms with Gasteiger partial charge in [-0.2, -0.15) is 0 Å². The van der Waals surface area contributed by atoms with E-state index in [0.717, 1.165) is 26.1 Å². The minimum absolute atomic E-state index is 0.0347. The van der Waals surface area contributed by atoms with Gasteiger partial charge in [-0.3, -0.25) is 9.69 Å². The Bertz CT molecular complexity index is 287. The minimum Gasteiger partial charge on any atom is -0.349 e. The number of amides is 1. The van der Waals surface area contributed by atoms with E-state index in [2.05, 4.69) is 24.1 Å². The molecular formula is C14H27N3O. The summed E-state index contributed by atoms with van der Waals surface area (Å²) in [4.78, 5) is 16.2. The lowest BCUT2D eigenvalue weighted by atomic mass is 10.0. The van der Waals surface area contributed by atoms with Crippen molar-refractivity contribution in [2.24, 2.45) is 0 Å². The predicted octanol–water partition coefficient (Wildman–Crippen LogP) is 1.09. The summed E-state index contributed by atoms with van der Waals surface area (Å²) in [6.45, 7) is 7.35. The van der Waals surface area contributed by atoms with Gasteiger partial charge in [0.25, 0.3) is 0 Å². The lowest BCUT2D eigenvalue weighted by Crippen LogP contribution is -2.49. The van der Waals surface area contributed by atoms with Crippen molar-refractivity contribution in [2.45, 2.75) is 38.8 Å². The van der Waals surface area contributed by atoms with E-state index in [4.69, 9.17) is 0 Å². The summed E-state index contributed by atoms with van der Waals surface area (Å²) in [6.07, 6.45) is 5.81. The lowest BCUT2D eigenvalue weighted by molar-refractivity contribution is -0.117. The third-order valence-corrected chi connectivity index (χ3v) is 3.27. The average Bonchev–Trinajstić information content (AvgIpc) is 2.28. The predicted molar refractivity (Wildman–Crippen MR) is 75.6 cm³/mol. The van der Waals surface area contributed by atoms with Crippen LogP contribution < -0.4 is 5.32 Å². The van der Waals surface area contributed by atoms with Crippen LogP contribution in [0.1, 0.15) is 26.7 Å². The summed E-state index contributed by atoms with van der Waals surface area (Å²) >= 11 is 0. The molecule has 0 spiro atoms. The third kappa shape index (κ3) is 5.65. The number of hydrogen-bond donors (Lipinski definition) is 1. The van der Waals surface area contributed by atoms with Crippen LogP contribution in [0.25, 0.3) is 0 Å². The molecule has 1 amide bonds. The van der Waals surface area contributed by atoms with Gasteiger partial charge >= 0.3 is 0 Å². The molecule has 0 radical (unpaired) electrons. The van der Waals surface area contributed by atoms with E-state index in [1.165, 1.54) is 6.42 Å². The van der Waals surface area contributed by atoms with Crippen LogP contribution in [-0.4, -0.2) is 61.5 Å². The highest BCUT2D eigenvalue weighted by Crippen LogP contribution is 2.12. The van der Waals surface area contributed by atoms with Crippen LogP contribution in [0.2, 0.25) is 0 Å². The van der Waals surface area contributed by atoms with Gasteiger partial charge in [-0.1, -0.05) is 6.08 Å². The van der Waals surface area contributed by atoms with Crippen LogP contribution in [0.5, 0.6) is 0 Å². The molecule has 1 aliphatic heterocycles. The number of piperidine rings is 1. The quantitative estimate of drug-likeness (QED) is 0.745. The molecule has 4 nitrogen and oxygen atoms in total. The summed E-state index contributed by atoms with van der Waals surface area (Å²) in [5, 5.41) is 3.09. The van der Waals surface area contributed by atoms with E-state index in [1.807, 2.05) is 25.1 Å². The highest BCUT2D eigenvalue weighted by Gasteiger charge is 2.22. The standard InChI is InChI=1S/C14H27N3O/c1-12(2)17-10-5-7-13(11-17)15-14(18)8-6-9-16(3)4/h6,8,12-13H,5,7,9-11H2,1-4H3,(H,15,18)/b8-6+/t13-/m1/s1. The fraction of sp³-hybridized carbons (Fsp3) is 0.786. The van der Waals surface area contributed by atoms with Crippen LogP contribution in [-0.2, 0) is 4.79 Å². The first-order valence-electron chi connectivity index (χ1n) is 6.85. The maximum atomic E-state index is 11.7. The van der Waals surface area contributed by atoms with Gasteiger partial charge in [0.05, 0.1) is 0 Å².